The third-order valence-corrected chi connectivity index (χ3v) is 17.5. The molecule has 308 valence electrons. The molecule has 7 aliphatic rings. The van der Waals surface area contributed by atoms with Crippen LogP contribution in [0, 0.1) is 56.7 Å². The van der Waals surface area contributed by atoms with E-state index in [2.05, 4.69) is 41.2 Å². The number of rotatable bonds is 8. The van der Waals surface area contributed by atoms with E-state index in [9.17, 15) is 45.6 Å². The summed E-state index contributed by atoms with van der Waals surface area (Å²) in [6.45, 7) is 14.9. The third-order valence-electron chi connectivity index (χ3n) is 17.5. The number of aliphatic carboxylic acids is 1. The van der Waals surface area contributed by atoms with E-state index >= 15 is 0 Å². The fraction of sp³-hybridized carbons (Fsp3) is 0.927. The summed E-state index contributed by atoms with van der Waals surface area (Å²) in [5, 5.41) is 84.5. The molecule has 5 aliphatic carbocycles. The van der Waals surface area contributed by atoms with E-state index < -0.39 is 84.8 Å². The minimum atomic E-state index is -1.68. The lowest BCUT2D eigenvalue weighted by atomic mass is 9.32. The average molecular weight is 767 g/mol. The number of ether oxygens (including phenoxy) is 4. The van der Waals surface area contributed by atoms with Crippen LogP contribution in [-0.4, -0.2) is 128 Å². The zero-order chi connectivity index (χ0) is 39.3. The summed E-state index contributed by atoms with van der Waals surface area (Å²) in [6.07, 6.45) is -4.97. The molecule has 8 N–H and O–H groups in total. The van der Waals surface area contributed by atoms with Crippen molar-refractivity contribution < 1.29 is 64.6 Å². The molecule has 7 rings (SSSR count). The summed E-state index contributed by atoms with van der Waals surface area (Å²) >= 11 is 0. The van der Waals surface area contributed by atoms with Gasteiger partial charge in [-0.1, -0.05) is 39.8 Å². The van der Waals surface area contributed by atoms with Crippen molar-refractivity contribution in [3.05, 3.63) is 12.2 Å². The fourth-order valence-corrected chi connectivity index (χ4v) is 14.3. The summed E-state index contributed by atoms with van der Waals surface area (Å²) in [5.74, 6) is 0.486. The van der Waals surface area contributed by atoms with Crippen LogP contribution in [0.5, 0.6) is 0 Å². The molecule has 54 heavy (non-hydrogen) atoms. The zero-order valence-electron chi connectivity index (χ0n) is 32.7. The highest BCUT2D eigenvalue weighted by Gasteiger charge is 2.72. The molecule has 20 unspecified atom stereocenters. The molecule has 0 amide bonds. The van der Waals surface area contributed by atoms with Crippen molar-refractivity contribution in [3.8, 4) is 0 Å². The summed E-state index contributed by atoms with van der Waals surface area (Å²) in [7, 11) is 0. The molecular formula is C41H66O13. The summed E-state index contributed by atoms with van der Waals surface area (Å²) < 4.78 is 23.6. The van der Waals surface area contributed by atoms with Gasteiger partial charge in [-0.3, -0.25) is 4.79 Å². The minimum Gasteiger partial charge on any atom is -0.481 e. The Labute approximate surface area is 319 Å². The number of hydrogen-bond donors (Lipinski definition) is 8. The molecule has 0 aromatic rings. The maximum atomic E-state index is 13.0. The van der Waals surface area contributed by atoms with E-state index in [1.807, 2.05) is 0 Å². The molecule has 0 aromatic carbocycles. The monoisotopic (exact) mass is 766 g/mol. The van der Waals surface area contributed by atoms with E-state index in [0.717, 1.165) is 56.9 Å². The van der Waals surface area contributed by atoms with Crippen molar-refractivity contribution >= 4 is 5.97 Å². The van der Waals surface area contributed by atoms with E-state index in [0.29, 0.717) is 24.7 Å². The van der Waals surface area contributed by atoms with Crippen LogP contribution in [0.3, 0.4) is 0 Å². The second-order valence-corrected chi connectivity index (χ2v) is 19.5. The first-order valence-electron chi connectivity index (χ1n) is 20.4. The smallest absolute Gasteiger partial charge is 0.309 e. The lowest BCUT2D eigenvalue weighted by Crippen LogP contribution is -2.68. The molecule has 2 aliphatic heterocycles. The predicted octanol–water partition coefficient (Wildman–Crippen LogP) is 2.35. The van der Waals surface area contributed by atoms with Crippen LogP contribution in [0.4, 0.5) is 0 Å². The summed E-state index contributed by atoms with van der Waals surface area (Å²) in [6, 6.07) is 0. The molecule has 13 heteroatoms. The highest BCUT2D eigenvalue weighted by atomic mass is 16.7. The fourth-order valence-electron chi connectivity index (χ4n) is 14.3. The average Bonchev–Trinajstić information content (AvgIpc) is 3.54. The topological polar surface area (TPSA) is 216 Å². The Balaban J connectivity index is 1.07. The second-order valence-electron chi connectivity index (χ2n) is 19.5. The number of carboxylic acids is 1. The first-order valence-corrected chi connectivity index (χ1v) is 20.4. The van der Waals surface area contributed by atoms with Crippen LogP contribution >= 0.6 is 0 Å². The van der Waals surface area contributed by atoms with E-state index in [-0.39, 0.29) is 47.2 Å². The van der Waals surface area contributed by atoms with Gasteiger partial charge in [0.2, 0.25) is 0 Å². The zero-order valence-corrected chi connectivity index (χ0v) is 32.7. The molecule has 5 saturated carbocycles. The van der Waals surface area contributed by atoms with Gasteiger partial charge in [0.1, 0.15) is 42.7 Å². The van der Waals surface area contributed by atoms with Gasteiger partial charge in [-0.15, -0.1) is 0 Å². The van der Waals surface area contributed by atoms with Crippen LogP contribution in [0.15, 0.2) is 12.2 Å². The van der Waals surface area contributed by atoms with E-state index in [1.165, 1.54) is 0 Å². The van der Waals surface area contributed by atoms with Gasteiger partial charge in [0.25, 0.3) is 0 Å². The van der Waals surface area contributed by atoms with Crippen molar-refractivity contribution in [2.45, 2.75) is 160 Å². The van der Waals surface area contributed by atoms with Crippen molar-refractivity contribution in [1.82, 2.24) is 0 Å². The molecule has 13 nitrogen and oxygen atoms in total. The second kappa shape index (κ2) is 14.2. The van der Waals surface area contributed by atoms with Crippen LogP contribution in [0.1, 0.15) is 98.8 Å². The number of hydrogen-bond acceptors (Lipinski definition) is 12. The van der Waals surface area contributed by atoms with Gasteiger partial charge in [-0.2, -0.15) is 0 Å². The minimum absolute atomic E-state index is 0.0130. The molecule has 0 bridgehead atoms. The summed E-state index contributed by atoms with van der Waals surface area (Å²) in [5.41, 5.74) is -0.387. The number of aliphatic hydroxyl groups is 7. The molecule has 0 spiro atoms. The number of aliphatic hydroxyl groups excluding tert-OH is 7. The third kappa shape index (κ3) is 5.76. The van der Waals surface area contributed by atoms with Crippen molar-refractivity contribution in [2.75, 3.05) is 19.8 Å². The Bertz CT molecular complexity index is 1430. The van der Waals surface area contributed by atoms with Gasteiger partial charge in [-0.05, 0) is 117 Å². The molecule has 2 heterocycles. The van der Waals surface area contributed by atoms with E-state index in [4.69, 9.17) is 18.9 Å². The lowest BCUT2D eigenvalue weighted by molar-refractivity contribution is -0.353. The van der Waals surface area contributed by atoms with Crippen molar-refractivity contribution in [2.24, 2.45) is 56.7 Å². The van der Waals surface area contributed by atoms with Crippen LogP contribution in [0.25, 0.3) is 0 Å². The number of fused-ring (bicyclic) bond motifs is 7. The quantitative estimate of drug-likeness (QED) is 0.132. The largest absolute Gasteiger partial charge is 0.481 e. The van der Waals surface area contributed by atoms with Gasteiger partial charge in [0.15, 0.2) is 12.6 Å². The van der Waals surface area contributed by atoms with Gasteiger partial charge in [0, 0.05) is 5.41 Å². The Morgan fingerprint density at radius 3 is 2.11 bits per heavy atom. The number of carbonyl (C=O) groups is 1. The van der Waals surface area contributed by atoms with Gasteiger partial charge >= 0.3 is 5.97 Å². The Hall–Kier alpha value is -1.23. The van der Waals surface area contributed by atoms with Crippen LogP contribution in [-0.2, 0) is 23.7 Å². The molecule has 0 aromatic heterocycles. The predicted molar refractivity (Wildman–Crippen MR) is 193 cm³/mol. The van der Waals surface area contributed by atoms with Crippen molar-refractivity contribution in [3.63, 3.8) is 0 Å². The highest BCUT2D eigenvalue weighted by molar-refractivity contribution is 5.76. The Morgan fingerprint density at radius 1 is 0.759 bits per heavy atom. The van der Waals surface area contributed by atoms with Crippen molar-refractivity contribution in [1.29, 1.82) is 0 Å². The molecule has 2 saturated heterocycles. The Morgan fingerprint density at radius 2 is 1.46 bits per heavy atom. The van der Waals surface area contributed by atoms with Gasteiger partial charge in [-0.25, -0.2) is 0 Å². The van der Waals surface area contributed by atoms with E-state index in [1.54, 1.807) is 0 Å². The van der Waals surface area contributed by atoms with Gasteiger partial charge in [0.05, 0.1) is 31.3 Å². The number of allylic oxidation sites excluding steroid dienone is 1. The standard InChI is InChI=1S/C41H66O13/c1-20(2)21-9-14-41(36(49)50)16-15-39(5)22(28(21)41)7-8-26-37(3)12-11-27(38(4,19-43)25(37)10-13-40(26,39)6)54-34-32(47)30(45)24(18-51-34)53-35-33(48)31(46)29(44)23(17-42)52-35/h21-35,42-48H,1,7-19H2,2-6H3,(H,49,50). The molecule has 7 fully saturated rings. The van der Waals surface area contributed by atoms with Crippen LogP contribution < -0.4 is 0 Å². The molecule has 20 atom stereocenters. The highest BCUT2D eigenvalue weighted by Crippen LogP contribution is 2.77. The maximum absolute atomic E-state index is 13.0. The normalized spacial score (nSPS) is 55.9. The van der Waals surface area contributed by atoms with Crippen LogP contribution in [0.2, 0.25) is 0 Å². The molecule has 0 radical (unpaired) electrons. The SMILES string of the molecule is C=C(C)C1CCC2(C(=O)O)CCC3(C)C(CCC4C5(C)CCC(OC6OCC(OC7OC(CO)C(O)C(O)C7O)C(O)C6O)C(C)(CO)C5CCC43C)C12. The Kier molecular flexibility index (Phi) is 10.8. The first-order chi connectivity index (χ1) is 25.3. The first kappa shape index (κ1) is 40.9. The summed E-state index contributed by atoms with van der Waals surface area (Å²) in [4.78, 5) is 13.0. The lowest BCUT2D eigenvalue weighted by Gasteiger charge is -2.73. The maximum Gasteiger partial charge on any atom is 0.309 e. The number of carboxylic acid groups (broad SMARTS) is 1. The van der Waals surface area contributed by atoms with Gasteiger partial charge < -0.3 is 59.8 Å². The molecular weight excluding hydrogens is 700 g/mol.